The molecule has 0 radical (unpaired) electrons. The zero-order valence-corrected chi connectivity index (χ0v) is 12.0. The summed E-state index contributed by atoms with van der Waals surface area (Å²) >= 11 is 0. The third kappa shape index (κ3) is 2.82. The van der Waals surface area contributed by atoms with E-state index in [0.29, 0.717) is 45.8 Å². The second-order valence-electron chi connectivity index (χ2n) is 5.26. The van der Waals surface area contributed by atoms with Crippen LogP contribution in [0.3, 0.4) is 0 Å². The number of nitrogens with zero attached hydrogens (tertiary/aromatic N) is 1. The lowest BCUT2D eigenvalue weighted by Gasteiger charge is -2.38. The lowest BCUT2D eigenvalue weighted by Crippen LogP contribution is -2.45. The summed E-state index contributed by atoms with van der Waals surface area (Å²) < 4.78 is 44.4. The minimum atomic E-state index is -0.540. The standard InChI is InChI=1S/C15H19F2NO3/c1-2-19-14-10-11(16)13(9-12(14)17)18-5-3-15(4-6-18)20-7-8-21-15/h9-10H,2-8H2,1H3. The minimum Gasteiger partial charge on any atom is -0.491 e. The number of benzene rings is 1. The predicted molar refractivity (Wildman–Crippen MR) is 73.6 cm³/mol. The molecule has 2 aliphatic rings. The SMILES string of the molecule is CCOc1cc(F)c(N2CCC3(CC2)OCCO3)cc1F. The van der Waals surface area contributed by atoms with E-state index in [0.717, 1.165) is 6.07 Å². The highest BCUT2D eigenvalue weighted by Gasteiger charge is 2.40. The first-order valence-electron chi connectivity index (χ1n) is 7.28. The van der Waals surface area contributed by atoms with Crippen molar-refractivity contribution in [3.8, 4) is 5.75 Å². The summed E-state index contributed by atoms with van der Waals surface area (Å²) in [6.45, 7) is 4.39. The minimum absolute atomic E-state index is 0.0466. The number of hydrogen-bond donors (Lipinski definition) is 0. The molecule has 4 nitrogen and oxygen atoms in total. The zero-order valence-electron chi connectivity index (χ0n) is 12.0. The van der Waals surface area contributed by atoms with Gasteiger partial charge in [-0.05, 0) is 6.92 Å². The first-order valence-corrected chi connectivity index (χ1v) is 7.28. The molecule has 2 heterocycles. The molecular weight excluding hydrogens is 280 g/mol. The van der Waals surface area contributed by atoms with Gasteiger partial charge in [-0.3, -0.25) is 0 Å². The lowest BCUT2D eigenvalue weighted by molar-refractivity contribution is -0.169. The van der Waals surface area contributed by atoms with Crippen molar-refractivity contribution in [1.29, 1.82) is 0 Å². The molecule has 0 amide bonds. The summed E-state index contributed by atoms with van der Waals surface area (Å²) in [6, 6.07) is 2.32. The number of rotatable bonds is 3. The Kier molecular flexibility index (Phi) is 3.99. The molecule has 1 spiro atoms. The maximum atomic E-state index is 14.2. The van der Waals surface area contributed by atoms with Crippen LogP contribution in [-0.4, -0.2) is 38.7 Å². The van der Waals surface area contributed by atoms with Gasteiger partial charge < -0.3 is 19.1 Å². The molecule has 3 rings (SSSR count). The van der Waals surface area contributed by atoms with Gasteiger partial charge in [-0.2, -0.15) is 0 Å². The third-order valence-corrected chi connectivity index (χ3v) is 3.98. The molecular formula is C15H19F2NO3. The molecule has 1 aromatic rings. The first-order chi connectivity index (χ1) is 10.1. The highest BCUT2D eigenvalue weighted by Crippen LogP contribution is 2.35. The van der Waals surface area contributed by atoms with Gasteiger partial charge in [0.2, 0.25) is 0 Å². The molecule has 0 saturated carbocycles. The summed E-state index contributed by atoms with van der Waals surface area (Å²) in [7, 11) is 0. The van der Waals surface area contributed by atoms with Crippen molar-refractivity contribution in [1.82, 2.24) is 0 Å². The first kappa shape index (κ1) is 14.5. The van der Waals surface area contributed by atoms with Crippen LogP contribution >= 0.6 is 0 Å². The molecule has 1 aromatic carbocycles. The second kappa shape index (κ2) is 5.77. The van der Waals surface area contributed by atoms with Gasteiger partial charge in [-0.1, -0.05) is 0 Å². The molecule has 0 atom stereocenters. The average Bonchev–Trinajstić information content (AvgIpc) is 2.92. The third-order valence-electron chi connectivity index (χ3n) is 3.98. The summed E-state index contributed by atoms with van der Waals surface area (Å²) in [5.74, 6) is -1.57. The fourth-order valence-corrected chi connectivity index (χ4v) is 2.90. The van der Waals surface area contributed by atoms with Crippen molar-refractivity contribution in [2.24, 2.45) is 0 Å². The van der Waals surface area contributed by atoms with Crippen molar-refractivity contribution in [2.45, 2.75) is 25.6 Å². The van der Waals surface area contributed by atoms with E-state index >= 15 is 0 Å². The van der Waals surface area contributed by atoms with E-state index in [-0.39, 0.29) is 11.4 Å². The van der Waals surface area contributed by atoms with Crippen molar-refractivity contribution in [2.75, 3.05) is 37.8 Å². The van der Waals surface area contributed by atoms with Crippen molar-refractivity contribution in [3.63, 3.8) is 0 Å². The van der Waals surface area contributed by atoms with E-state index in [2.05, 4.69) is 0 Å². The van der Waals surface area contributed by atoms with Crippen molar-refractivity contribution in [3.05, 3.63) is 23.8 Å². The number of anilines is 1. The fourth-order valence-electron chi connectivity index (χ4n) is 2.90. The normalized spacial score (nSPS) is 21.0. The van der Waals surface area contributed by atoms with Crippen LogP contribution in [0.15, 0.2) is 12.1 Å². The quantitative estimate of drug-likeness (QED) is 0.858. The van der Waals surface area contributed by atoms with Gasteiger partial charge >= 0.3 is 0 Å². The second-order valence-corrected chi connectivity index (χ2v) is 5.26. The lowest BCUT2D eigenvalue weighted by atomic mass is 10.0. The molecule has 21 heavy (non-hydrogen) atoms. The predicted octanol–water partition coefficient (Wildman–Crippen LogP) is 2.71. The van der Waals surface area contributed by atoms with Crippen LogP contribution in [0, 0.1) is 11.6 Å². The van der Waals surface area contributed by atoms with E-state index in [1.807, 2.05) is 4.90 Å². The van der Waals surface area contributed by atoms with Gasteiger partial charge in [0, 0.05) is 38.1 Å². The maximum Gasteiger partial charge on any atom is 0.171 e. The van der Waals surface area contributed by atoms with Crippen LogP contribution in [0.2, 0.25) is 0 Å². The van der Waals surface area contributed by atoms with Crippen LogP contribution in [0.5, 0.6) is 5.75 Å². The van der Waals surface area contributed by atoms with Gasteiger partial charge in [0.25, 0.3) is 0 Å². The Hall–Kier alpha value is -1.40. The van der Waals surface area contributed by atoms with Gasteiger partial charge in [0.05, 0.1) is 25.5 Å². The van der Waals surface area contributed by atoms with Gasteiger partial charge in [-0.15, -0.1) is 0 Å². The van der Waals surface area contributed by atoms with Crippen LogP contribution < -0.4 is 9.64 Å². The highest BCUT2D eigenvalue weighted by molar-refractivity contribution is 5.51. The Morgan fingerprint density at radius 2 is 1.81 bits per heavy atom. The van der Waals surface area contributed by atoms with Crippen LogP contribution in [0.25, 0.3) is 0 Å². The molecule has 0 aliphatic carbocycles. The Labute approximate surface area is 122 Å². The van der Waals surface area contributed by atoms with Gasteiger partial charge in [-0.25, -0.2) is 8.78 Å². The highest BCUT2D eigenvalue weighted by atomic mass is 19.1. The summed E-state index contributed by atoms with van der Waals surface area (Å²) in [4.78, 5) is 1.82. The molecule has 2 saturated heterocycles. The summed E-state index contributed by atoms with van der Waals surface area (Å²) in [5.41, 5.74) is 0.267. The summed E-state index contributed by atoms with van der Waals surface area (Å²) in [6.07, 6.45) is 1.31. The smallest absolute Gasteiger partial charge is 0.171 e. The van der Waals surface area contributed by atoms with E-state index in [1.54, 1.807) is 6.92 Å². The molecule has 2 aliphatic heterocycles. The maximum absolute atomic E-state index is 14.2. The van der Waals surface area contributed by atoms with E-state index < -0.39 is 17.4 Å². The van der Waals surface area contributed by atoms with E-state index in [9.17, 15) is 8.78 Å². The Bertz CT molecular complexity index is 508. The number of hydrogen-bond acceptors (Lipinski definition) is 4. The van der Waals surface area contributed by atoms with E-state index in [1.165, 1.54) is 6.07 Å². The Morgan fingerprint density at radius 3 is 2.43 bits per heavy atom. The van der Waals surface area contributed by atoms with E-state index in [4.69, 9.17) is 14.2 Å². The summed E-state index contributed by atoms with van der Waals surface area (Å²) in [5, 5.41) is 0. The number of halogens is 2. The van der Waals surface area contributed by atoms with Gasteiger partial charge in [0.1, 0.15) is 5.82 Å². The fraction of sp³-hybridized carbons (Fsp3) is 0.600. The van der Waals surface area contributed by atoms with Crippen LogP contribution in [0.1, 0.15) is 19.8 Å². The Balaban J connectivity index is 1.74. The number of piperidine rings is 1. The zero-order chi connectivity index (χ0) is 14.9. The molecule has 0 bridgehead atoms. The van der Waals surface area contributed by atoms with Crippen LogP contribution in [0.4, 0.5) is 14.5 Å². The van der Waals surface area contributed by atoms with Gasteiger partial charge in [0.15, 0.2) is 17.4 Å². The molecule has 6 heteroatoms. The average molecular weight is 299 g/mol. The molecule has 2 fully saturated rings. The topological polar surface area (TPSA) is 30.9 Å². The van der Waals surface area contributed by atoms with Crippen LogP contribution in [-0.2, 0) is 9.47 Å². The molecule has 0 unspecified atom stereocenters. The van der Waals surface area contributed by atoms with Crippen molar-refractivity contribution >= 4 is 5.69 Å². The van der Waals surface area contributed by atoms with Crippen molar-refractivity contribution < 1.29 is 23.0 Å². The molecule has 116 valence electrons. The molecule has 0 N–H and O–H groups in total. The monoisotopic (exact) mass is 299 g/mol. The number of ether oxygens (including phenoxy) is 3. The molecule has 0 aromatic heterocycles. The largest absolute Gasteiger partial charge is 0.491 e. The Morgan fingerprint density at radius 1 is 1.14 bits per heavy atom.